The molecule has 3 rings (SSSR count). The summed E-state index contributed by atoms with van der Waals surface area (Å²) in [6, 6.07) is 5.19. The second-order valence-corrected chi connectivity index (χ2v) is 5.79. The minimum Gasteiger partial charge on any atom is -0.348 e. The molecule has 1 aliphatic carbocycles. The fourth-order valence-corrected chi connectivity index (χ4v) is 3.34. The summed E-state index contributed by atoms with van der Waals surface area (Å²) in [6.07, 6.45) is 9.11. The van der Waals surface area contributed by atoms with Gasteiger partial charge in [-0.05, 0) is 37.0 Å². The summed E-state index contributed by atoms with van der Waals surface area (Å²) >= 11 is 0. The van der Waals surface area contributed by atoms with Crippen LogP contribution in [0.15, 0.2) is 24.5 Å². The zero-order chi connectivity index (χ0) is 13.8. The van der Waals surface area contributed by atoms with Gasteiger partial charge in [0.15, 0.2) is 5.79 Å². The Morgan fingerprint density at radius 2 is 1.90 bits per heavy atom. The summed E-state index contributed by atoms with van der Waals surface area (Å²) in [4.78, 5) is 4.10. The van der Waals surface area contributed by atoms with Crippen LogP contribution in [-0.2, 0) is 9.47 Å². The molecule has 1 saturated heterocycles. The molecule has 0 amide bonds. The van der Waals surface area contributed by atoms with Gasteiger partial charge >= 0.3 is 0 Å². The summed E-state index contributed by atoms with van der Waals surface area (Å²) in [6.45, 7) is 3.74. The van der Waals surface area contributed by atoms with Crippen molar-refractivity contribution < 1.29 is 9.47 Å². The van der Waals surface area contributed by atoms with Crippen molar-refractivity contribution in [3.63, 3.8) is 0 Å². The predicted octanol–water partition coefficient (Wildman–Crippen LogP) is 2.81. The van der Waals surface area contributed by atoms with Crippen LogP contribution in [0.25, 0.3) is 0 Å². The first-order valence-corrected chi connectivity index (χ1v) is 7.75. The van der Waals surface area contributed by atoms with Crippen molar-refractivity contribution in [2.45, 2.75) is 56.9 Å². The normalized spacial score (nSPS) is 24.1. The second-order valence-electron chi connectivity index (χ2n) is 5.79. The van der Waals surface area contributed by atoms with Crippen LogP contribution in [-0.4, -0.2) is 30.0 Å². The quantitative estimate of drug-likeness (QED) is 0.918. The molecular weight excluding hydrogens is 252 g/mol. The Bertz CT molecular complexity index is 408. The van der Waals surface area contributed by atoms with E-state index < -0.39 is 0 Å². The smallest absolute Gasteiger partial charge is 0.168 e. The molecule has 1 atom stereocenters. The highest BCUT2D eigenvalue weighted by molar-refractivity contribution is 5.15. The highest BCUT2D eigenvalue weighted by Gasteiger charge is 2.40. The summed E-state index contributed by atoms with van der Waals surface area (Å²) in [5, 5.41) is 3.79. The molecule has 1 aliphatic heterocycles. The zero-order valence-electron chi connectivity index (χ0n) is 12.2. The lowest BCUT2D eigenvalue weighted by molar-refractivity contribution is -0.179. The van der Waals surface area contributed by atoms with Crippen LogP contribution in [0, 0.1) is 0 Å². The van der Waals surface area contributed by atoms with Gasteiger partial charge in [0.1, 0.15) is 0 Å². The molecule has 1 saturated carbocycles. The van der Waals surface area contributed by atoms with Gasteiger partial charge in [-0.25, -0.2) is 0 Å². The van der Waals surface area contributed by atoms with E-state index in [0.29, 0.717) is 12.1 Å². The molecule has 2 heterocycles. The monoisotopic (exact) mass is 276 g/mol. The Balaban J connectivity index is 1.55. The van der Waals surface area contributed by atoms with Gasteiger partial charge in [0.2, 0.25) is 0 Å². The molecule has 110 valence electrons. The Kier molecular flexibility index (Phi) is 4.34. The lowest BCUT2D eigenvalue weighted by atomic mass is 9.89. The Morgan fingerprint density at radius 1 is 1.25 bits per heavy atom. The molecule has 20 heavy (non-hydrogen) atoms. The fourth-order valence-electron chi connectivity index (χ4n) is 3.34. The molecule has 1 unspecified atom stereocenters. The molecule has 0 aromatic carbocycles. The van der Waals surface area contributed by atoms with E-state index in [1.807, 2.05) is 12.4 Å². The number of ether oxygens (including phenoxy) is 2. The maximum atomic E-state index is 5.79. The van der Waals surface area contributed by atoms with E-state index in [0.717, 1.165) is 45.3 Å². The fraction of sp³-hybridized carbons (Fsp3) is 0.688. The van der Waals surface area contributed by atoms with Crippen LogP contribution in [0.2, 0.25) is 0 Å². The van der Waals surface area contributed by atoms with Crippen molar-refractivity contribution in [2.24, 2.45) is 0 Å². The van der Waals surface area contributed by atoms with E-state index in [2.05, 4.69) is 29.4 Å². The molecule has 2 aliphatic rings. The average molecular weight is 276 g/mol. The van der Waals surface area contributed by atoms with Crippen LogP contribution < -0.4 is 5.32 Å². The minimum atomic E-state index is -0.253. The van der Waals surface area contributed by atoms with Crippen molar-refractivity contribution in [1.82, 2.24) is 10.3 Å². The number of rotatable bonds is 4. The number of nitrogens with one attached hydrogen (secondary N) is 1. The van der Waals surface area contributed by atoms with Gasteiger partial charge in [0.25, 0.3) is 0 Å². The van der Waals surface area contributed by atoms with Gasteiger partial charge in [0, 0.05) is 37.3 Å². The third-order valence-corrected chi connectivity index (χ3v) is 4.51. The number of aromatic nitrogens is 1. The number of pyridine rings is 1. The topological polar surface area (TPSA) is 43.4 Å². The molecule has 0 bridgehead atoms. The number of hydrogen-bond donors (Lipinski definition) is 1. The summed E-state index contributed by atoms with van der Waals surface area (Å²) in [5.74, 6) is -0.253. The second kappa shape index (κ2) is 6.20. The summed E-state index contributed by atoms with van der Waals surface area (Å²) < 4.78 is 11.6. The van der Waals surface area contributed by atoms with Crippen LogP contribution >= 0.6 is 0 Å². The maximum absolute atomic E-state index is 5.79. The highest BCUT2D eigenvalue weighted by atomic mass is 16.7. The molecule has 2 fully saturated rings. The van der Waals surface area contributed by atoms with Gasteiger partial charge in [-0.1, -0.05) is 6.92 Å². The van der Waals surface area contributed by atoms with Crippen LogP contribution in [0.3, 0.4) is 0 Å². The molecule has 4 nitrogen and oxygen atoms in total. The van der Waals surface area contributed by atoms with Crippen molar-refractivity contribution in [3.8, 4) is 0 Å². The van der Waals surface area contributed by atoms with E-state index >= 15 is 0 Å². The molecule has 1 N–H and O–H groups in total. The molecule has 1 aromatic rings. The van der Waals surface area contributed by atoms with Crippen LogP contribution in [0.5, 0.6) is 0 Å². The maximum Gasteiger partial charge on any atom is 0.168 e. The van der Waals surface area contributed by atoms with Crippen LogP contribution in [0.1, 0.15) is 50.6 Å². The highest BCUT2D eigenvalue weighted by Crippen LogP contribution is 2.36. The lowest BCUT2D eigenvalue weighted by Crippen LogP contribution is -2.43. The van der Waals surface area contributed by atoms with E-state index in [4.69, 9.17) is 9.47 Å². The third-order valence-electron chi connectivity index (χ3n) is 4.51. The third kappa shape index (κ3) is 3.03. The van der Waals surface area contributed by atoms with Crippen molar-refractivity contribution in [3.05, 3.63) is 30.1 Å². The Labute approximate surface area is 120 Å². The molecule has 0 radical (unpaired) electrons. The first-order chi connectivity index (χ1) is 9.81. The van der Waals surface area contributed by atoms with Gasteiger partial charge in [-0.15, -0.1) is 0 Å². The SMILES string of the molecule is CCC(NC1CCC2(CC1)OCCO2)c1ccncc1. The first kappa shape index (κ1) is 14.0. The minimum absolute atomic E-state index is 0.253. The van der Waals surface area contributed by atoms with Crippen molar-refractivity contribution in [2.75, 3.05) is 13.2 Å². The average Bonchev–Trinajstić information content (AvgIpc) is 2.96. The van der Waals surface area contributed by atoms with Gasteiger partial charge in [-0.3, -0.25) is 4.98 Å². The van der Waals surface area contributed by atoms with E-state index in [1.165, 1.54) is 5.56 Å². The van der Waals surface area contributed by atoms with Crippen molar-refractivity contribution in [1.29, 1.82) is 0 Å². The largest absolute Gasteiger partial charge is 0.348 e. The van der Waals surface area contributed by atoms with Gasteiger partial charge in [-0.2, -0.15) is 0 Å². The zero-order valence-corrected chi connectivity index (χ0v) is 12.2. The van der Waals surface area contributed by atoms with Gasteiger partial charge < -0.3 is 14.8 Å². The summed E-state index contributed by atoms with van der Waals surface area (Å²) in [5.41, 5.74) is 1.33. The first-order valence-electron chi connectivity index (χ1n) is 7.75. The van der Waals surface area contributed by atoms with E-state index in [1.54, 1.807) is 0 Å². The molecule has 1 aromatic heterocycles. The van der Waals surface area contributed by atoms with Crippen LogP contribution in [0.4, 0.5) is 0 Å². The standard InChI is InChI=1S/C16H24N2O2/c1-2-15(13-5-9-17-10-6-13)18-14-3-7-16(8-4-14)19-11-12-20-16/h5-6,9-10,14-15,18H,2-4,7-8,11-12H2,1H3. The number of hydrogen-bond acceptors (Lipinski definition) is 4. The van der Waals surface area contributed by atoms with Gasteiger partial charge in [0.05, 0.1) is 13.2 Å². The molecule has 4 heteroatoms. The summed E-state index contributed by atoms with van der Waals surface area (Å²) in [7, 11) is 0. The predicted molar refractivity (Wildman–Crippen MR) is 77.3 cm³/mol. The molecular formula is C16H24N2O2. The lowest BCUT2D eigenvalue weighted by Gasteiger charge is -2.37. The Hall–Kier alpha value is -0.970. The van der Waals surface area contributed by atoms with Crippen molar-refractivity contribution >= 4 is 0 Å². The van der Waals surface area contributed by atoms with E-state index in [9.17, 15) is 0 Å². The van der Waals surface area contributed by atoms with E-state index in [-0.39, 0.29) is 5.79 Å². The number of nitrogens with zero attached hydrogens (tertiary/aromatic N) is 1. The molecule has 1 spiro atoms. The Morgan fingerprint density at radius 3 is 2.50 bits per heavy atom.